The van der Waals surface area contributed by atoms with E-state index in [1.54, 1.807) is 0 Å². The van der Waals surface area contributed by atoms with Gasteiger partial charge in [-0.15, -0.1) is 0 Å². The van der Waals surface area contributed by atoms with Crippen molar-refractivity contribution in [1.29, 1.82) is 0 Å². The van der Waals surface area contributed by atoms with E-state index in [0.29, 0.717) is 11.2 Å². The van der Waals surface area contributed by atoms with Crippen LogP contribution in [0.4, 0.5) is 0 Å². The molecular formula is C8H20N2Si. The fourth-order valence-electron chi connectivity index (χ4n) is 2.31. The van der Waals surface area contributed by atoms with Crippen molar-refractivity contribution in [2.24, 2.45) is 0 Å². The molecule has 0 amide bonds. The highest BCUT2D eigenvalue weighted by Crippen LogP contribution is 2.43. The molecule has 2 N–H and O–H groups in total. The lowest BCUT2D eigenvalue weighted by Gasteiger charge is -2.33. The zero-order chi connectivity index (χ0) is 8.32. The van der Waals surface area contributed by atoms with E-state index < -0.39 is 0 Å². The van der Waals surface area contributed by atoms with E-state index in [4.69, 9.17) is 0 Å². The van der Waals surface area contributed by atoms with Gasteiger partial charge in [0, 0.05) is 10.2 Å². The summed E-state index contributed by atoms with van der Waals surface area (Å²) in [6, 6.07) is 0. The molecule has 3 heteroatoms. The largest absolute Gasteiger partial charge is 0.305 e. The Bertz CT molecular complexity index is 117. The van der Waals surface area contributed by atoms with Crippen LogP contribution in [-0.4, -0.2) is 30.5 Å². The smallest absolute Gasteiger partial charge is 0.0590 e. The third-order valence-electron chi connectivity index (χ3n) is 3.02. The normalized spacial score (nSPS) is 23.2. The molecule has 0 aromatic rings. The Labute approximate surface area is 72.6 Å². The van der Waals surface area contributed by atoms with Crippen LogP contribution in [0, 0.1) is 0 Å². The molecular weight excluding hydrogens is 152 g/mol. The van der Waals surface area contributed by atoms with E-state index in [9.17, 15) is 0 Å². The third-order valence-corrected chi connectivity index (χ3v) is 4.60. The molecule has 1 saturated carbocycles. The highest BCUT2D eigenvalue weighted by atomic mass is 28.1. The summed E-state index contributed by atoms with van der Waals surface area (Å²) in [4.78, 5) is 0. The predicted octanol–water partition coefficient (Wildman–Crippen LogP) is -0.151. The van der Waals surface area contributed by atoms with Crippen molar-refractivity contribution in [2.45, 2.75) is 36.9 Å². The highest BCUT2D eigenvalue weighted by Gasteiger charge is 2.34. The Hall–Kier alpha value is 0.137. The summed E-state index contributed by atoms with van der Waals surface area (Å²) in [6.45, 7) is 0. The summed E-state index contributed by atoms with van der Waals surface area (Å²) >= 11 is 0. The van der Waals surface area contributed by atoms with Crippen molar-refractivity contribution in [3.63, 3.8) is 0 Å². The molecule has 0 aromatic carbocycles. The summed E-state index contributed by atoms with van der Waals surface area (Å²) in [5.74, 6) is 0. The second-order valence-electron chi connectivity index (χ2n) is 3.87. The van der Waals surface area contributed by atoms with Gasteiger partial charge in [-0.2, -0.15) is 0 Å². The Morgan fingerprint density at radius 3 is 2.00 bits per heavy atom. The maximum atomic E-state index is 3.36. The van der Waals surface area contributed by atoms with Crippen LogP contribution in [-0.2, 0) is 0 Å². The summed E-state index contributed by atoms with van der Waals surface area (Å²) < 4.78 is 0. The van der Waals surface area contributed by atoms with Crippen LogP contribution >= 0.6 is 0 Å². The Morgan fingerprint density at radius 1 is 1.18 bits per heavy atom. The van der Waals surface area contributed by atoms with Crippen molar-refractivity contribution in [3.8, 4) is 0 Å². The van der Waals surface area contributed by atoms with Gasteiger partial charge in [0.1, 0.15) is 0 Å². The van der Waals surface area contributed by atoms with Crippen molar-refractivity contribution in [1.82, 2.24) is 10.6 Å². The van der Waals surface area contributed by atoms with E-state index in [0.717, 1.165) is 0 Å². The zero-order valence-electron chi connectivity index (χ0n) is 7.91. The molecule has 0 aliphatic heterocycles. The number of hydrogen-bond acceptors (Lipinski definition) is 2. The Kier molecular flexibility index (Phi) is 3.10. The Balaban J connectivity index is 2.53. The van der Waals surface area contributed by atoms with Crippen LogP contribution in [0.25, 0.3) is 0 Å². The lowest BCUT2D eigenvalue weighted by molar-refractivity contribution is 0.358. The van der Waals surface area contributed by atoms with Crippen molar-refractivity contribution < 1.29 is 0 Å². The van der Waals surface area contributed by atoms with Crippen molar-refractivity contribution in [3.05, 3.63) is 0 Å². The molecule has 0 aromatic heterocycles. The SMILES string of the molecule is CNC(NC)C1([SiH3])CCCC1. The summed E-state index contributed by atoms with van der Waals surface area (Å²) in [7, 11) is 5.42. The topological polar surface area (TPSA) is 24.1 Å². The number of rotatable bonds is 3. The van der Waals surface area contributed by atoms with Gasteiger partial charge in [-0.3, -0.25) is 0 Å². The second-order valence-corrected chi connectivity index (χ2v) is 5.86. The summed E-state index contributed by atoms with van der Waals surface area (Å²) in [6.07, 6.45) is 6.26. The fraction of sp³-hybridized carbons (Fsp3) is 1.00. The number of nitrogens with one attached hydrogen (secondary N) is 2. The monoisotopic (exact) mass is 172 g/mol. The zero-order valence-corrected chi connectivity index (χ0v) is 9.91. The van der Waals surface area contributed by atoms with E-state index in [2.05, 4.69) is 24.7 Å². The lowest BCUT2D eigenvalue weighted by Crippen LogP contribution is -2.47. The molecule has 0 heterocycles. The molecule has 11 heavy (non-hydrogen) atoms. The highest BCUT2D eigenvalue weighted by molar-refractivity contribution is 6.15. The molecule has 1 aliphatic rings. The van der Waals surface area contributed by atoms with Gasteiger partial charge in [-0.1, -0.05) is 12.8 Å². The van der Waals surface area contributed by atoms with Crippen LogP contribution in [0.15, 0.2) is 0 Å². The maximum Gasteiger partial charge on any atom is 0.0590 e. The predicted molar refractivity (Wildman–Crippen MR) is 53.0 cm³/mol. The quantitative estimate of drug-likeness (QED) is 0.457. The standard InChI is InChI=1S/C8H20N2Si/c1-9-7(10-2)8(11)5-3-4-6-8/h7,9-10H,3-6H2,1-2,11H3. The van der Waals surface area contributed by atoms with E-state index in [-0.39, 0.29) is 0 Å². The molecule has 0 unspecified atom stereocenters. The molecule has 0 bridgehead atoms. The molecule has 0 spiro atoms. The van der Waals surface area contributed by atoms with Crippen LogP contribution in [0.5, 0.6) is 0 Å². The van der Waals surface area contributed by atoms with Crippen molar-refractivity contribution >= 4 is 10.2 Å². The summed E-state index contributed by atoms with van der Waals surface area (Å²) in [5, 5.41) is 7.34. The first-order valence-corrected chi connectivity index (χ1v) is 5.57. The van der Waals surface area contributed by atoms with Gasteiger partial charge >= 0.3 is 0 Å². The first kappa shape index (κ1) is 9.23. The first-order valence-electron chi connectivity index (χ1n) is 4.57. The average Bonchev–Trinajstić information content (AvgIpc) is 2.39. The van der Waals surface area contributed by atoms with Gasteiger partial charge in [0.25, 0.3) is 0 Å². The Morgan fingerprint density at radius 2 is 1.64 bits per heavy atom. The van der Waals surface area contributed by atoms with Crippen molar-refractivity contribution in [2.75, 3.05) is 14.1 Å². The van der Waals surface area contributed by atoms with Gasteiger partial charge in [-0.05, 0) is 32.0 Å². The van der Waals surface area contributed by atoms with Gasteiger partial charge in [-0.25, -0.2) is 0 Å². The molecule has 0 radical (unpaired) electrons. The number of hydrogen-bond donors (Lipinski definition) is 2. The lowest BCUT2D eigenvalue weighted by atomic mass is 10.0. The van der Waals surface area contributed by atoms with Gasteiger partial charge in [0.2, 0.25) is 0 Å². The van der Waals surface area contributed by atoms with E-state index in [1.807, 2.05) is 0 Å². The van der Waals surface area contributed by atoms with Crippen LogP contribution in [0.3, 0.4) is 0 Å². The molecule has 2 nitrogen and oxygen atoms in total. The molecule has 1 aliphatic carbocycles. The molecule has 0 atom stereocenters. The molecule has 1 fully saturated rings. The first-order chi connectivity index (χ1) is 5.23. The van der Waals surface area contributed by atoms with E-state index in [1.165, 1.54) is 35.9 Å². The van der Waals surface area contributed by atoms with Gasteiger partial charge in [0.05, 0.1) is 6.17 Å². The van der Waals surface area contributed by atoms with Gasteiger partial charge < -0.3 is 10.6 Å². The van der Waals surface area contributed by atoms with Crippen LogP contribution in [0.1, 0.15) is 25.7 Å². The van der Waals surface area contributed by atoms with E-state index >= 15 is 0 Å². The van der Waals surface area contributed by atoms with Gasteiger partial charge in [0.15, 0.2) is 0 Å². The molecule has 66 valence electrons. The molecule has 0 saturated heterocycles. The fourth-order valence-corrected chi connectivity index (χ4v) is 3.60. The minimum atomic E-state index is 0.552. The van der Waals surface area contributed by atoms with Crippen LogP contribution in [0.2, 0.25) is 5.04 Å². The minimum absolute atomic E-state index is 0.552. The third kappa shape index (κ3) is 1.83. The summed E-state index contributed by atoms with van der Waals surface area (Å²) in [5.41, 5.74) is 0. The average molecular weight is 172 g/mol. The molecule has 1 rings (SSSR count). The minimum Gasteiger partial charge on any atom is -0.305 e. The van der Waals surface area contributed by atoms with Crippen LogP contribution < -0.4 is 10.6 Å². The second kappa shape index (κ2) is 3.69. The maximum absolute atomic E-state index is 3.36.